The van der Waals surface area contributed by atoms with Crippen LogP contribution in [0, 0.1) is 0 Å². The molecule has 0 aromatic carbocycles. The zero-order valence-electron chi connectivity index (χ0n) is 2.70. The summed E-state index contributed by atoms with van der Waals surface area (Å²) in [5, 5.41) is 0. The third-order valence-electron chi connectivity index (χ3n) is 0. The van der Waals surface area contributed by atoms with Crippen molar-refractivity contribution < 1.29 is 0 Å². The first-order valence-electron chi connectivity index (χ1n) is 0. The van der Waals surface area contributed by atoms with Gasteiger partial charge in [-0.2, -0.15) is 29.7 Å². The van der Waals surface area contributed by atoms with E-state index >= 15 is 0 Å². The maximum absolute atomic E-state index is 0. The fourth-order valence-electron chi connectivity index (χ4n) is 0. The second-order valence-corrected chi connectivity index (χ2v) is 0. The van der Waals surface area contributed by atoms with Crippen molar-refractivity contribution in [2.24, 2.45) is 0 Å². The molecule has 27 valence electrons. The van der Waals surface area contributed by atoms with Gasteiger partial charge in [-0.15, -0.1) is 0 Å². The highest BCUT2D eigenvalue weighted by atomic mass is 31.0. The fraction of sp³-hybridized carbons (Fsp3) is 0. The Morgan fingerprint density at radius 1 is 0.500 bits per heavy atom. The summed E-state index contributed by atoms with van der Waals surface area (Å²) >= 11 is 0. The molecule has 3 atom stereocenters. The Kier molecular flexibility index (Phi) is 216. The average Bonchev–Trinajstić information content (AvgIpc) is 0. The van der Waals surface area contributed by atoms with Gasteiger partial charge in [0.15, 0.2) is 0 Å². The summed E-state index contributed by atoms with van der Waals surface area (Å²) in [4.78, 5) is 0. The quantitative estimate of drug-likeness (QED) is 0.313. The normalized spacial score (nSPS) is 0. The predicted octanol–water partition coefficient (Wildman–Crippen LogP) is -0.207. The average molecular weight is 129 g/mol. The lowest BCUT2D eigenvalue weighted by molar-refractivity contribution is 5.75. The second-order valence-electron chi connectivity index (χ2n) is 0. The Bertz CT molecular complexity index is 3.25. The smallest absolute Gasteiger partial charge is 0 e. The maximum Gasteiger partial charge on any atom is 0 e. The van der Waals surface area contributed by atoms with Crippen LogP contribution in [0.25, 0.3) is 0 Å². The van der Waals surface area contributed by atoms with Crippen LogP contribution in [0.1, 0.15) is 0 Å². The lowest BCUT2D eigenvalue weighted by Gasteiger charge is -0.154. The van der Waals surface area contributed by atoms with E-state index in [-0.39, 0.29) is 47.1 Å². The molecule has 4 heavy (non-hydrogen) atoms. The van der Waals surface area contributed by atoms with Crippen LogP contribution in [0.15, 0.2) is 0 Å². The minimum atomic E-state index is 0. The van der Waals surface area contributed by atoms with Crippen molar-refractivity contribution in [1.29, 1.82) is 0 Å². The lowest BCUT2D eigenvalue weighted by Crippen LogP contribution is -0.381. The van der Waals surface area contributed by atoms with Crippen LogP contribution in [-0.4, -0.2) is 17.4 Å². The van der Waals surface area contributed by atoms with Crippen LogP contribution < -0.4 is 0 Å². The molecular formula is H9AlP3. The molecule has 0 rings (SSSR count). The summed E-state index contributed by atoms with van der Waals surface area (Å²) in [6.07, 6.45) is 0. The highest BCUT2D eigenvalue weighted by Crippen LogP contribution is 0.863. The van der Waals surface area contributed by atoms with Gasteiger partial charge < -0.3 is 0 Å². The van der Waals surface area contributed by atoms with Crippen molar-refractivity contribution in [2.45, 2.75) is 0 Å². The molecule has 0 bridgehead atoms. The zero-order chi connectivity index (χ0) is 0. The largest absolute Gasteiger partial charge is 0.153 e. The molecule has 0 heterocycles. The Morgan fingerprint density at radius 2 is 0.500 bits per heavy atom. The van der Waals surface area contributed by atoms with Crippen LogP contribution >= 0.6 is 29.7 Å². The molecule has 0 N–H and O–H groups in total. The molecule has 0 aliphatic heterocycles. The van der Waals surface area contributed by atoms with Gasteiger partial charge >= 0.3 is 0 Å². The van der Waals surface area contributed by atoms with Crippen molar-refractivity contribution in [1.82, 2.24) is 0 Å². The van der Waals surface area contributed by atoms with E-state index in [1.54, 1.807) is 0 Å². The van der Waals surface area contributed by atoms with Crippen molar-refractivity contribution >= 4 is 47.1 Å². The summed E-state index contributed by atoms with van der Waals surface area (Å²) in [6.45, 7) is 0. The molecule has 0 nitrogen and oxygen atoms in total. The minimum Gasteiger partial charge on any atom is -0.153 e. The first-order chi connectivity index (χ1) is 0. The molecule has 0 aromatic heterocycles. The van der Waals surface area contributed by atoms with E-state index in [0.717, 1.165) is 0 Å². The fourth-order valence-corrected chi connectivity index (χ4v) is 0. The number of hydrogen-bond acceptors (Lipinski definition) is 0. The van der Waals surface area contributed by atoms with Crippen LogP contribution in [0.5, 0.6) is 0 Å². The molecule has 3 radical (unpaired) electrons. The van der Waals surface area contributed by atoms with Gasteiger partial charge in [-0.05, 0) is 0 Å². The van der Waals surface area contributed by atoms with E-state index in [1.165, 1.54) is 0 Å². The summed E-state index contributed by atoms with van der Waals surface area (Å²) in [7, 11) is 0. The van der Waals surface area contributed by atoms with Crippen molar-refractivity contribution in [3.05, 3.63) is 0 Å². The molecule has 0 fully saturated rings. The van der Waals surface area contributed by atoms with Gasteiger partial charge in [0.05, 0.1) is 0 Å². The van der Waals surface area contributed by atoms with Crippen LogP contribution in [0.3, 0.4) is 0 Å². The topological polar surface area (TPSA) is 0 Å². The second kappa shape index (κ2) is 21.2. The molecule has 0 aliphatic carbocycles. The molecular weight excluding hydrogens is 120 g/mol. The Hall–Kier alpha value is 1.82. The Balaban J connectivity index is 0. The van der Waals surface area contributed by atoms with E-state index in [2.05, 4.69) is 0 Å². The highest BCUT2D eigenvalue weighted by molar-refractivity contribution is 6.92. The first kappa shape index (κ1) is 40.8. The summed E-state index contributed by atoms with van der Waals surface area (Å²) in [5.74, 6) is 0. The van der Waals surface area contributed by atoms with E-state index < -0.39 is 0 Å². The summed E-state index contributed by atoms with van der Waals surface area (Å²) in [6, 6.07) is 0. The van der Waals surface area contributed by atoms with Crippen molar-refractivity contribution in [3.8, 4) is 0 Å². The standard InChI is InChI=1S/Al.3H3P/h;3*1H3. The number of hydrogen-bond donors (Lipinski definition) is 0. The third kappa shape index (κ3) is 9.17. The molecule has 0 saturated heterocycles. The molecule has 0 spiro atoms. The van der Waals surface area contributed by atoms with Crippen molar-refractivity contribution in [3.63, 3.8) is 0 Å². The Labute approximate surface area is 47.5 Å². The van der Waals surface area contributed by atoms with Gasteiger partial charge in [-0.25, -0.2) is 0 Å². The summed E-state index contributed by atoms with van der Waals surface area (Å²) in [5.41, 5.74) is 0. The minimum absolute atomic E-state index is 0. The van der Waals surface area contributed by atoms with E-state index in [0.29, 0.717) is 0 Å². The molecule has 3 unspecified atom stereocenters. The Morgan fingerprint density at radius 3 is 0.500 bits per heavy atom. The molecule has 4 heteroatoms. The molecule has 0 saturated carbocycles. The molecule has 0 amide bonds. The van der Waals surface area contributed by atoms with Gasteiger partial charge in [-0.1, -0.05) is 0 Å². The van der Waals surface area contributed by atoms with E-state index in [4.69, 9.17) is 0 Å². The van der Waals surface area contributed by atoms with Crippen LogP contribution in [-0.2, 0) is 0 Å². The maximum atomic E-state index is 0. The zero-order valence-corrected chi connectivity index (χ0v) is 8.10. The van der Waals surface area contributed by atoms with E-state index in [1.807, 2.05) is 0 Å². The van der Waals surface area contributed by atoms with Crippen LogP contribution in [0.2, 0.25) is 0 Å². The molecule has 0 aliphatic rings. The highest BCUT2D eigenvalue weighted by Gasteiger charge is 0.0000198. The van der Waals surface area contributed by atoms with Gasteiger partial charge in [0, 0.05) is 17.4 Å². The monoisotopic (exact) mass is 129 g/mol. The number of rotatable bonds is 0. The van der Waals surface area contributed by atoms with Gasteiger partial charge in [0.1, 0.15) is 0 Å². The van der Waals surface area contributed by atoms with Gasteiger partial charge in [0.2, 0.25) is 0 Å². The predicted molar refractivity (Wildman–Crippen MR) is 39.1 cm³/mol. The first-order valence-corrected chi connectivity index (χ1v) is 0. The van der Waals surface area contributed by atoms with E-state index in [9.17, 15) is 0 Å². The SMILES string of the molecule is P.P.P.[Al]. The van der Waals surface area contributed by atoms with Gasteiger partial charge in [0.25, 0.3) is 0 Å². The van der Waals surface area contributed by atoms with Gasteiger partial charge in [-0.3, -0.25) is 0 Å². The molecule has 0 aromatic rings. The van der Waals surface area contributed by atoms with Crippen LogP contribution in [0.4, 0.5) is 0 Å². The third-order valence-corrected chi connectivity index (χ3v) is 0. The van der Waals surface area contributed by atoms with Crippen molar-refractivity contribution in [2.75, 3.05) is 0 Å². The lowest BCUT2D eigenvalue weighted by atomic mass is 27.0. The summed E-state index contributed by atoms with van der Waals surface area (Å²) < 4.78 is 0.